The summed E-state index contributed by atoms with van der Waals surface area (Å²) < 4.78 is 0. The minimum Gasteiger partial charge on any atom is -0.396 e. The van der Waals surface area contributed by atoms with Crippen molar-refractivity contribution in [3.05, 3.63) is 35.4 Å². The van der Waals surface area contributed by atoms with Crippen molar-refractivity contribution >= 4 is 0 Å². The monoisotopic (exact) mass is 190 g/mol. The van der Waals surface area contributed by atoms with E-state index in [9.17, 15) is 0 Å². The summed E-state index contributed by atoms with van der Waals surface area (Å²) in [4.78, 5) is 0. The lowest BCUT2D eigenvalue weighted by atomic mass is 10.1. The Kier molecular flexibility index (Phi) is 4.77. The van der Waals surface area contributed by atoms with E-state index in [1.807, 2.05) is 24.3 Å². The number of rotatable bonds is 3. The molecule has 0 saturated heterocycles. The Hall–Kier alpha value is -1.30. The van der Waals surface area contributed by atoms with Crippen LogP contribution < -0.4 is 0 Å². The summed E-state index contributed by atoms with van der Waals surface area (Å²) in [6.45, 7) is 0.283. The molecule has 0 fully saturated rings. The first-order chi connectivity index (χ1) is 6.86. The summed E-state index contributed by atoms with van der Waals surface area (Å²) in [6.07, 6.45) is 1.20. The minimum absolute atomic E-state index is 0.107. The Morgan fingerprint density at radius 3 is 2.29 bits per heavy atom. The summed E-state index contributed by atoms with van der Waals surface area (Å²) >= 11 is 0. The van der Waals surface area contributed by atoms with E-state index in [2.05, 4.69) is 11.8 Å². The third kappa shape index (κ3) is 3.61. The molecule has 0 saturated carbocycles. The maximum atomic E-state index is 8.71. The Morgan fingerprint density at radius 2 is 1.71 bits per heavy atom. The van der Waals surface area contributed by atoms with Crippen molar-refractivity contribution in [1.29, 1.82) is 0 Å². The molecule has 0 atom stereocenters. The molecule has 0 unspecified atom stereocenters. The minimum atomic E-state index is 0.107. The lowest BCUT2D eigenvalue weighted by Crippen LogP contribution is -1.89. The van der Waals surface area contributed by atoms with E-state index in [0.717, 1.165) is 11.1 Å². The lowest BCUT2D eigenvalue weighted by Gasteiger charge is -1.96. The van der Waals surface area contributed by atoms with Crippen molar-refractivity contribution in [2.24, 2.45) is 0 Å². The molecule has 0 amide bonds. The third-order valence-corrected chi connectivity index (χ3v) is 1.82. The summed E-state index contributed by atoms with van der Waals surface area (Å²) in [5.41, 5.74) is 2.06. The van der Waals surface area contributed by atoms with E-state index in [0.29, 0.717) is 12.8 Å². The molecular formula is C12H14O2. The topological polar surface area (TPSA) is 40.5 Å². The molecule has 74 valence electrons. The van der Waals surface area contributed by atoms with Gasteiger partial charge in [-0.25, -0.2) is 0 Å². The van der Waals surface area contributed by atoms with Crippen molar-refractivity contribution in [3.8, 4) is 11.8 Å². The van der Waals surface area contributed by atoms with Gasteiger partial charge in [0.25, 0.3) is 0 Å². The predicted octanol–water partition coefficient (Wildman–Crippen LogP) is 0.955. The second kappa shape index (κ2) is 6.20. The first-order valence-corrected chi connectivity index (χ1v) is 4.66. The average molecular weight is 190 g/mol. The zero-order chi connectivity index (χ0) is 10.2. The number of hydrogen-bond acceptors (Lipinski definition) is 2. The van der Waals surface area contributed by atoms with Crippen LogP contribution in [0.1, 0.15) is 17.5 Å². The lowest BCUT2D eigenvalue weighted by molar-refractivity contribution is 0.299. The molecule has 0 aliphatic heterocycles. The Morgan fingerprint density at radius 1 is 1.00 bits per heavy atom. The van der Waals surface area contributed by atoms with E-state index < -0.39 is 0 Å². The van der Waals surface area contributed by atoms with Gasteiger partial charge in [0.05, 0.1) is 6.61 Å². The summed E-state index contributed by atoms with van der Waals surface area (Å²) in [6, 6.07) is 7.77. The fraction of sp³-hybridized carbons (Fsp3) is 0.333. The van der Waals surface area contributed by atoms with Gasteiger partial charge < -0.3 is 10.2 Å². The highest BCUT2D eigenvalue weighted by molar-refractivity contribution is 5.36. The van der Waals surface area contributed by atoms with Crippen LogP contribution in [0.2, 0.25) is 0 Å². The van der Waals surface area contributed by atoms with Gasteiger partial charge in [0.2, 0.25) is 0 Å². The van der Waals surface area contributed by atoms with Crippen LogP contribution in [0.3, 0.4) is 0 Å². The van der Waals surface area contributed by atoms with Gasteiger partial charge in [0.1, 0.15) is 0 Å². The summed E-state index contributed by atoms with van der Waals surface area (Å²) in [5, 5.41) is 17.2. The number of hydrogen-bond donors (Lipinski definition) is 2. The standard InChI is InChI=1S/C12H14O2/c13-9-2-1-3-11-4-6-12(7-5-11)8-10-14/h4-7,13-14H,2,8-10H2. The molecule has 2 nitrogen and oxygen atoms in total. The second-order valence-corrected chi connectivity index (χ2v) is 2.95. The van der Waals surface area contributed by atoms with Crippen LogP contribution in [-0.4, -0.2) is 23.4 Å². The van der Waals surface area contributed by atoms with Gasteiger partial charge in [-0.1, -0.05) is 24.0 Å². The van der Waals surface area contributed by atoms with Gasteiger partial charge in [-0.2, -0.15) is 0 Å². The fourth-order valence-electron chi connectivity index (χ4n) is 1.10. The molecule has 1 rings (SSSR count). The molecule has 0 aliphatic rings. The number of benzene rings is 1. The van der Waals surface area contributed by atoms with Gasteiger partial charge in [-0.15, -0.1) is 0 Å². The highest BCUT2D eigenvalue weighted by Gasteiger charge is 1.90. The molecule has 0 bridgehead atoms. The maximum Gasteiger partial charge on any atom is 0.0540 e. The quantitative estimate of drug-likeness (QED) is 0.697. The van der Waals surface area contributed by atoms with Gasteiger partial charge >= 0.3 is 0 Å². The smallest absolute Gasteiger partial charge is 0.0540 e. The summed E-state index contributed by atoms with van der Waals surface area (Å²) in [5.74, 6) is 5.80. The van der Waals surface area contributed by atoms with E-state index in [4.69, 9.17) is 10.2 Å². The van der Waals surface area contributed by atoms with Crippen LogP contribution in [0.25, 0.3) is 0 Å². The SMILES string of the molecule is OCCC#Cc1ccc(CCO)cc1. The highest BCUT2D eigenvalue weighted by atomic mass is 16.3. The molecule has 2 N–H and O–H groups in total. The first kappa shape index (κ1) is 10.8. The van der Waals surface area contributed by atoms with E-state index in [-0.39, 0.29) is 13.2 Å². The van der Waals surface area contributed by atoms with Crippen LogP contribution in [0.5, 0.6) is 0 Å². The molecular weight excluding hydrogens is 176 g/mol. The molecule has 1 aromatic carbocycles. The fourth-order valence-corrected chi connectivity index (χ4v) is 1.10. The third-order valence-electron chi connectivity index (χ3n) is 1.82. The van der Waals surface area contributed by atoms with Gasteiger partial charge in [0.15, 0.2) is 0 Å². The van der Waals surface area contributed by atoms with Crippen LogP contribution in [0.15, 0.2) is 24.3 Å². The number of aliphatic hydroxyl groups excluding tert-OH is 2. The molecule has 14 heavy (non-hydrogen) atoms. The van der Waals surface area contributed by atoms with Gasteiger partial charge in [-0.3, -0.25) is 0 Å². The van der Waals surface area contributed by atoms with Crippen LogP contribution in [0.4, 0.5) is 0 Å². The second-order valence-electron chi connectivity index (χ2n) is 2.95. The Labute approximate surface area is 84.2 Å². The van der Waals surface area contributed by atoms with Crippen molar-refractivity contribution < 1.29 is 10.2 Å². The van der Waals surface area contributed by atoms with Crippen molar-refractivity contribution in [1.82, 2.24) is 0 Å². The molecule has 0 aromatic heterocycles. The van der Waals surface area contributed by atoms with Crippen molar-refractivity contribution in [2.75, 3.05) is 13.2 Å². The predicted molar refractivity (Wildman–Crippen MR) is 55.8 cm³/mol. The van der Waals surface area contributed by atoms with Gasteiger partial charge in [-0.05, 0) is 24.1 Å². The maximum absolute atomic E-state index is 8.71. The summed E-state index contributed by atoms with van der Waals surface area (Å²) in [7, 11) is 0. The first-order valence-electron chi connectivity index (χ1n) is 4.66. The highest BCUT2D eigenvalue weighted by Crippen LogP contribution is 2.03. The van der Waals surface area contributed by atoms with Crippen molar-refractivity contribution in [2.45, 2.75) is 12.8 Å². The normalized spacial score (nSPS) is 9.29. The van der Waals surface area contributed by atoms with Gasteiger partial charge in [0, 0.05) is 18.6 Å². The van der Waals surface area contributed by atoms with E-state index in [1.54, 1.807) is 0 Å². The zero-order valence-corrected chi connectivity index (χ0v) is 8.03. The largest absolute Gasteiger partial charge is 0.396 e. The van der Waals surface area contributed by atoms with Crippen LogP contribution in [0, 0.1) is 11.8 Å². The van der Waals surface area contributed by atoms with Crippen LogP contribution in [-0.2, 0) is 6.42 Å². The van der Waals surface area contributed by atoms with E-state index >= 15 is 0 Å². The molecule has 2 heteroatoms. The molecule has 1 aromatic rings. The Bertz CT molecular complexity index is 316. The van der Waals surface area contributed by atoms with Crippen LogP contribution >= 0.6 is 0 Å². The molecule has 0 spiro atoms. The number of aliphatic hydroxyl groups is 2. The average Bonchev–Trinajstić information content (AvgIpc) is 2.21. The van der Waals surface area contributed by atoms with E-state index in [1.165, 1.54) is 0 Å². The molecule has 0 aliphatic carbocycles. The zero-order valence-electron chi connectivity index (χ0n) is 8.03. The molecule has 0 radical (unpaired) electrons. The molecule has 0 heterocycles. The Balaban J connectivity index is 2.60. The van der Waals surface area contributed by atoms with Crippen molar-refractivity contribution in [3.63, 3.8) is 0 Å².